The molecule has 0 spiro atoms. The van der Waals surface area contributed by atoms with Crippen LogP contribution >= 0.6 is 23.2 Å². The fourth-order valence-corrected chi connectivity index (χ4v) is 3.24. The molecule has 2 aromatic carbocycles. The van der Waals surface area contributed by atoms with Crippen LogP contribution in [0.1, 0.15) is 18.5 Å². The molecule has 6 nitrogen and oxygen atoms in total. The second-order valence-corrected chi connectivity index (χ2v) is 7.23. The summed E-state index contributed by atoms with van der Waals surface area (Å²) in [5.41, 5.74) is 1.46. The third-order valence-corrected chi connectivity index (χ3v) is 5.32. The standard InChI is InChI=1S/C21H20Cl2N2O4/c1-13-18(20(26)29-11-10-28-15-6-4-3-5-7-15)19(24-21(27)25(13)2)14-8-9-16(22)17(23)12-14/h3-9,12,19H,10-11H2,1-2H3,(H,24,27)/t19-/m0/s1. The number of allylic oxidation sites excluding steroid dienone is 1. The lowest BCUT2D eigenvalue weighted by Crippen LogP contribution is -2.46. The molecule has 0 bridgehead atoms. The Bertz CT molecular complexity index is 947. The van der Waals surface area contributed by atoms with Gasteiger partial charge in [0.25, 0.3) is 0 Å². The van der Waals surface area contributed by atoms with E-state index in [1.54, 1.807) is 32.2 Å². The van der Waals surface area contributed by atoms with Crippen LogP contribution in [0.15, 0.2) is 59.8 Å². The Hall–Kier alpha value is -2.70. The summed E-state index contributed by atoms with van der Waals surface area (Å²) >= 11 is 12.1. The number of urea groups is 1. The highest BCUT2D eigenvalue weighted by atomic mass is 35.5. The number of esters is 1. The average Bonchev–Trinajstić information content (AvgIpc) is 2.72. The van der Waals surface area contributed by atoms with E-state index in [0.717, 1.165) is 0 Å². The zero-order valence-electron chi connectivity index (χ0n) is 15.9. The quantitative estimate of drug-likeness (QED) is 0.533. The minimum absolute atomic E-state index is 0.0657. The molecule has 0 saturated heterocycles. The molecule has 0 radical (unpaired) electrons. The molecule has 3 rings (SSSR count). The molecule has 152 valence electrons. The molecular weight excluding hydrogens is 415 g/mol. The van der Waals surface area contributed by atoms with Crippen LogP contribution in [0.4, 0.5) is 4.79 Å². The number of carbonyl (C=O) groups excluding carboxylic acids is 2. The van der Waals surface area contributed by atoms with E-state index in [2.05, 4.69) is 5.32 Å². The molecule has 2 aromatic rings. The van der Waals surface area contributed by atoms with Crippen molar-refractivity contribution in [2.24, 2.45) is 0 Å². The number of para-hydroxylation sites is 1. The van der Waals surface area contributed by atoms with Gasteiger partial charge in [-0.25, -0.2) is 9.59 Å². The minimum Gasteiger partial charge on any atom is -0.490 e. The molecule has 0 aromatic heterocycles. The van der Waals surface area contributed by atoms with E-state index >= 15 is 0 Å². The summed E-state index contributed by atoms with van der Waals surface area (Å²) in [6.45, 7) is 1.97. The Labute approximate surface area is 179 Å². The summed E-state index contributed by atoms with van der Waals surface area (Å²) in [6.07, 6.45) is 0. The lowest BCUT2D eigenvalue weighted by molar-refractivity contribution is -0.140. The zero-order chi connectivity index (χ0) is 21.0. The summed E-state index contributed by atoms with van der Waals surface area (Å²) in [5.74, 6) is 0.152. The van der Waals surface area contributed by atoms with E-state index in [1.165, 1.54) is 4.90 Å². The highest BCUT2D eigenvalue weighted by Gasteiger charge is 2.35. The van der Waals surface area contributed by atoms with Crippen molar-refractivity contribution in [2.45, 2.75) is 13.0 Å². The summed E-state index contributed by atoms with van der Waals surface area (Å²) in [4.78, 5) is 26.5. The number of benzene rings is 2. The number of rotatable bonds is 6. The first-order valence-corrected chi connectivity index (χ1v) is 9.69. The van der Waals surface area contributed by atoms with E-state index in [-0.39, 0.29) is 19.2 Å². The third kappa shape index (κ3) is 4.83. The fraction of sp³-hybridized carbons (Fsp3) is 0.238. The van der Waals surface area contributed by atoms with Crippen LogP contribution in [0.25, 0.3) is 0 Å². The largest absolute Gasteiger partial charge is 0.490 e. The number of ether oxygens (including phenoxy) is 2. The van der Waals surface area contributed by atoms with Crippen molar-refractivity contribution in [1.82, 2.24) is 10.2 Å². The predicted octanol–water partition coefficient (Wildman–Crippen LogP) is 4.59. The van der Waals surface area contributed by atoms with Gasteiger partial charge in [0.1, 0.15) is 19.0 Å². The van der Waals surface area contributed by atoms with Crippen molar-refractivity contribution in [3.8, 4) is 5.75 Å². The molecule has 0 fully saturated rings. The molecule has 8 heteroatoms. The molecule has 0 unspecified atom stereocenters. The number of nitrogens with one attached hydrogen (secondary N) is 1. The minimum atomic E-state index is -0.698. The molecule has 1 aliphatic rings. The number of hydrogen-bond acceptors (Lipinski definition) is 4. The normalized spacial score (nSPS) is 16.5. The van der Waals surface area contributed by atoms with Crippen LogP contribution in [0.2, 0.25) is 10.0 Å². The Morgan fingerprint density at radius 2 is 1.83 bits per heavy atom. The van der Waals surface area contributed by atoms with Gasteiger partial charge in [0.05, 0.1) is 21.7 Å². The van der Waals surface area contributed by atoms with Gasteiger partial charge in [-0.2, -0.15) is 0 Å². The Kier molecular flexibility index (Phi) is 6.67. The second kappa shape index (κ2) is 9.20. The first-order chi connectivity index (χ1) is 13.9. The highest BCUT2D eigenvalue weighted by Crippen LogP contribution is 2.33. The molecule has 1 heterocycles. The van der Waals surface area contributed by atoms with Gasteiger partial charge in [-0.15, -0.1) is 0 Å². The van der Waals surface area contributed by atoms with Crippen molar-refractivity contribution in [3.05, 3.63) is 75.4 Å². The monoisotopic (exact) mass is 434 g/mol. The zero-order valence-corrected chi connectivity index (χ0v) is 17.5. The first kappa shape index (κ1) is 21.0. The predicted molar refractivity (Wildman–Crippen MR) is 111 cm³/mol. The Morgan fingerprint density at radius 1 is 1.10 bits per heavy atom. The van der Waals surface area contributed by atoms with Gasteiger partial charge in [-0.1, -0.05) is 47.5 Å². The van der Waals surface area contributed by atoms with Crippen molar-refractivity contribution in [2.75, 3.05) is 20.3 Å². The van der Waals surface area contributed by atoms with E-state index in [1.807, 2.05) is 30.3 Å². The molecule has 29 heavy (non-hydrogen) atoms. The maximum Gasteiger partial charge on any atom is 0.338 e. The smallest absolute Gasteiger partial charge is 0.338 e. The van der Waals surface area contributed by atoms with Crippen LogP contribution in [0, 0.1) is 0 Å². The summed E-state index contributed by atoms with van der Waals surface area (Å²) in [6, 6.07) is 13.2. The number of halogens is 2. The van der Waals surface area contributed by atoms with Gasteiger partial charge in [-0.05, 0) is 36.8 Å². The van der Waals surface area contributed by atoms with Gasteiger partial charge in [-0.3, -0.25) is 0 Å². The number of hydrogen-bond donors (Lipinski definition) is 1. The van der Waals surface area contributed by atoms with Crippen LogP contribution in [-0.4, -0.2) is 37.2 Å². The summed E-state index contributed by atoms with van der Waals surface area (Å²) in [7, 11) is 1.58. The molecule has 0 aliphatic carbocycles. The van der Waals surface area contributed by atoms with Gasteiger partial charge >= 0.3 is 12.0 Å². The summed E-state index contributed by atoms with van der Waals surface area (Å²) < 4.78 is 10.9. The second-order valence-electron chi connectivity index (χ2n) is 6.41. The fourth-order valence-electron chi connectivity index (χ4n) is 2.93. The van der Waals surface area contributed by atoms with Crippen LogP contribution in [0.5, 0.6) is 5.75 Å². The lowest BCUT2D eigenvalue weighted by Gasteiger charge is -2.33. The van der Waals surface area contributed by atoms with Gasteiger partial charge in [0, 0.05) is 12.7 Å². The summed E-state index contributed by atoms with van der Waals surface area (Å²) in [5, 5.41) is 3.52. The van der Waals surface area contributed by atoms with Crippen molar-refractivity contribution in [1.29, 1.82) is 0 Å². The van der Waals surface area contributed by atoms with Crippen molar-refractivity contribution >= 4 is 35.2 Å². The number of nitrogens with zero attached hydrogens (tertiary/aromatic N) is 1. The maximum atomic E-state index is 12.8. The van der Waals surface area contributed by atoms with Gasteiger partial charge < -0.3 is 19.7 Å². The maximum absolute atomic E-state index is 12.8. The topological polar surface area (TPSA) is 67.9 Å². The molecule has 1 N–H and O–H groups in total. The number of amides is 2. The molecule has 1 aliphatic heterocycles. The Balaban J connectivity index is 1.75. The molecule has 2 amide bonds. The van der Waals surface area contributed by atoms with Crippen molar-refractivity contribution < 1.29 is 19.1 Å². The number of carbonyl (C=O) groups is 2. The Morgan fingerprint density at radius 3 is 2.52 bits per heavy atom. The third-order valence-electron chi connectivity index (χ3n) is 4.58. The highest BCUT2D eigenvalue weighted by molar-refractivity contribution is 6.42. The van der Waals surface area contributed by atoms with Crippen LogP contribution < -0.4 is 10.1 Å². The molecular formula is C21H20Cl2N2O4. The van der Waals surface area contributed by atoms with Crippen molar-refractivity contribution in [3.63, 3.8) is 0 Å². The van der Waals surface area contributed by atoms with Crippen LogP contribution in [-0.2, 0) is 9.53 Å². The SMILES string of the molecule is CC1=C(C(=O)OCCOc2ccccc2)[C@H](c2ccc(Cl)c(Cl)c2)NC(=O)N1C. The average molecular weight is 435 g/mol. The van der Waals surface area contributed by atoms with E-state index < -0.39 is 12.0 Å². The van der Waals surface area contributed by atoms with E-state index in [4.69, 9.17) is 32.7 Å². The first-order valence-electron chi connectivity index (χ1n) is 8.93. The van der Waals surface area contributed by atoms with E-state index in [9.17, 15) is 9.59 Å². The van der Waals surface area contributed by atoms with Crippen LogP contribution in [0.3, 0.4) is 0 Å². The van der Waals surface area contributed by atoms with E-state index in [0.29, 0.717) is 32.6 Å². The van der Waals surface area contributed by atoms with Gasteiger partial charge in [0.2, 0.25) is 0 Å². The molecule has 0 saturated carbocycles. The van der Waals surface area contributed by atoms with Gasteiger partial charge in [0.15, 0.2) is 0 Å². The molecule has 1 atom stereocenters. The lowest BCUT2D eigenvalue weighted by atomic mass is 9.95.